The Morgan fingerprint density at radius 1 is 1.15 bits per heavy atom. The van der Waals surface area contributed by atoms with E-state index in [2.05, 4.69) is 41.9 Å². The predicted molar refractivity (Wildman–Crippen MR) is 87.7 cm³/mol. The standard InChI is InChI=1S/C17H16BrClO/c1-11(2)13-5-3-12(4-6-13)9-17(20)15-8-7-14(19)10-16(15)18/h3-8,10-11H,9H2,1-2H3. The first kappa shape index (κ1) is 15.3. The Morgan fingerprint density at radius 3 is 2.35 bits per heavy atom. The molecule has 0 bridgehead atoms. The second-order valence-corrected chi connectivity index (χ2v) is 6.41. The highest BCUT2D eigenvalue weighted by atomic mass is 79.9. The van der Waals surface area contributed by atoms with Crippen LogP contribution in [-0.4, -0.2) is 5.78 Å². The summed E-state index contributed by atoms with van der Waals surface area (Å²) in [5.41, 5.74) is 2.98. The summed E-state index contributed by atoms with van der Waals surface area (Å²) >= 11 is 9.27. The molecule has 0 amide bonds. The first-order valence-corrected chi connectivity index (χ1v) is 7.71. The van der Waals surface area contributed by atoms with E-state index in [0.29, 0.717) is 22.9 Å². The molecule has 20 heavy (non-hydrogen) atoms. The molecule has 2 aromatic carbocycles. The molecule has 0 heterocycles. The van der Waals surface area contributed by atoms with E-state index in [0.717, 1.165) is 10.0 Å². The molecule has 0 aliphatic rings. The zero-order valence-corrected chi connectivity index (χ0v) is 13.8. The molecule has 2 aromatic rings. The number of carbonyl (C=O) groups is 1. The van der Waals surface area contributed by atoms with Crippen LogP contribution in [0.5, 0.6) is 0 Å². The van der Waals surface area contributed by atoms with E-state index in [1.807, 2.05) is 12.1 Å². The van der Waals surface area contributed by atoms with Crippen LogP contribution in [0.3, 0.4) is 0 Å². The van der Waals surface area contributed by atoms with E-state index in [4.69, 9.17) is 11.6 Å². The van der Waals surface area contributed by atoms with Crippen LogP contribution in [0.2, 0.25) is 5.02 Å². The van der Waals surface area contributed by atoms with Gasteiger partial charge in [-0.25, -0.2) is 0 Å². The molecule has 0 aliphatic heterocycles. The van der Waals surface area contributed by atoms with Gasteiger partial charge >= 0.3 is 0 Å². The lowest BCUT2D eigenvalue weighted by Gasteiger charge is -2.07. The number of Topliss-reactive ketones (excluding diaryl/α,β-unsaturated/α-hetero) is 1. The van der Waals surface area contributed by atoms with Gasteiger partial charge in [0.1, 0.15) is 0 Å². The molecule has 0 radical (unpaired) electrons. The van der Waals surface area contributed by atoms with Crippen molar-refractivity contribution in [3.05, 3.63) is 68.7 Å². The van der Waals surface area contributed by atoms with Gasteiger partial charge in [-0.05, 0) is 51.2 Å². The molecular formula is C17H16BrClO. The van der Waals surface area contributed by atoms with Crippen LogP contribution in [0.1, 0.15) is 41.3 Å². The third-order valence-electron chi connectivity index (χ3n) is 3.24. The highest BCUT2D eigenvalue weighted by Crippen LogP contribution is 2.23. The molecule has 2 rings (SSSR count). The van der Waals surface area contributed by atoms with Gasteiger partial charge in [0.2, 0.25) is 0 Å². The summed E-state index contributed by atoms with van der Waals surface area (Å²) in [6.07, 6.45) is 0.401. The van der Waals surface area contributed by atoms with Gasteiger partial charge in [-0.15, -0.1) is 0 Å². The summed E-state index contributed by atoms with van der Waals surface area (Å²) in [6.45, 7) is 4.32. The van der Waals surface area contributed by atoms with Gasteiger partial charge in [0.05, 0.1) is 0 Å². The first-order valence-electron chi connectivity index (χ1n) is 6.54. The van der Waals surface area contributed by atoms with Crippen molar-refractivity contribution in [3.8, 4) is 0 Å². The fourth-order valence-corrected chi connectivity index (χ4v) is 2.92. The highest BCUT2D eigenvalue weighted by molar-refractivity contribution is 9.10. The Morgan fingerprint density at radius 2 is 1.80 bits per heavy atom. The Labute approximate surface area is 133 Å². The maximum absolute atomic E-state index is 12.3. The molecular weight excluding hydrogens is 336 g/mol. The second kappa shape index (κ2) is 6.55. The number of halogens is 2. The van der Waals surface area contributed by atoms with Gasteiger partial charge in [0.15, 0.2) is 5.78 Å². The molecule has 0 saturated heterocycles. The summed E-state index contributed by atoms with van der Waals surface area (Å²) in [5, 5.41) is 0.620. The van der Waals surface area contributed by atoms with Crippen molar-refractivity contribution in [1.82, 2.24) is 0 Å². The van der Waals surface area contributed by atoms with Crippen LogP contribution in [-0.2, 0) is 6.42 Å². The van der Waals surface area contributed by atoms with Crippen molar-refractivity contribution < 1.29 is 4.79 Å². The van der Waals surface area contributed by atoms with E-state index in [9.17, 15) is 4.79 Å². The first-order chi connectivity index (χ1) is 9.47. The largest absolute Gasteiger partial charge is 0.294 e. The van der Waals surface area contributed by atoms with Crippen LogP contribution >= 0.6 is 27.5 Å². The minimum atomic E-state index is 0.0887. The summed E-state index contributed by atoms with van der Waals surface area (Å²) in [5.74, 6) is 0.594. The van der Waals surface area contributed by atoms with Gasteiger partial charge in [0, 0.05) is 21.5 Å². The van der Waals surface area contributed by atoms with E-state index >= 15 is 0 Å². The molecule has 104 valence electrons. The molecule has 0 N–H and O–H groups in total. The number of rotatable bonds is 4. The Kier molecular flexibility index (Phi) is 5.00. The average Bonchev–Trinajstić information content (AvgIpc) is 2.39. The number of carbonyl (C=O) groups excluding carboxylic acids is 1. The lowest BCUT2D eigenvalue weighted by Crippen LogP contribution is -2.04. The topological polar surface area (TPSA) is 17.1 Å². The zero-order valence-electron chi connectivity index (χ0n) is 11.5. The number of ketones is 1. The maximum atomic E-state index is 12.3. The normalized spacial score (nSPS) is 10.8. The lowest BCUT2D eigenvalue weighted by atomic mass is 9.98. The van der Waals surface area contributed by atoms with Crippen LogP contribution in [0.25, 0.3) is 0 Å². The fourth-order valence-electron chi connectivity index (χ4n) is 2.02. The number of hydrogen-bond donors (Lipinski definition) is 0. The van der Waals surface area contributed by atoms with Gasteiger partial charge in [0.25, 0.3) is 0 Å². The third kappa shape index (κ3) is 3.71. The quantitative estimate of drug-likeness (QED) is 0.650. The smallest absolute Gasteiger partial charge is 0.168 e. The zero-order chi connectivity index (χ0) is 14.7. The minimum Gasteiger partial charge on any atom is -0.294 e. The summed E-state index contributed by atoms with van der Waals surface area (Å²) < 4.78 is 0.744. The van der Waals surface area contributed by atoms with Crippen molar-refractivity contribution >= 4 is 33.3 Å². The number of benzene rings is 2. The van der Waals surface area contributed by atoms with Crippen molar-refractivity contribution in [2.24, 2.45) is 0 Å². The van der Waals surface area contributed by atoms with Gasteiger partial charge in [-0.2, -0.15) is 0 Å². The summed E-state index contributed by atoms with van der Waals surface area (Å²) in [4.78, 5) is 12.3. The molecule has 1 nitrogen and oxygen atoms in total. The van der Waals surface area contributed by atoms with E-state index in [-0.39, 0.29) is 5.78 Å². The lowest BCUT2D eigenvalue weighted by molar-refractivity contribution is 0.0992. The third-order valence-corrected chi connectivity index (χ3v) is 4.13. The summed E-state index contributed by atoms with van der Waals surface area (Å²) in [7, 11) is 0. The van der Waals surface area contributed by atoms with Crippen LogP contribution in [0.4, 0.5) is 0 Å². The predicted octanol–water partition coefficient (Wildman–Crippen LogP) is 5.65. The van der Waals surface area contributed by atoms with Crippen molar-refractivity contribution in [2.75, 3.05) is 0 Å². The van der Waals surface area contributed by atoms with Crippen molar-refractivity contribution in [2.45, 2.75) is 26.2 Å². The van der Waals surface area contributed by atoms with Gasteiger partial charge < -0.3 is 0 Å². The van der Waals surface area contributed by atoms with E-state index < -0.39 is 0 Å². The minimum absolute atomic E-state index is 0.0887. The average molecular weight is 352 g/mol. The monoisotopic (exact) mass is 350 g/mol. The molecule has 0 aliphatic carbocycles. The number of hydrogen-bond acceptors (Lipinski definition) is 1. The Balaban J connectivity index is 2.15. The molecule has 0 saturated carbocycles. The molecule has 0 spiro atoms. The van der Waals surface area contributed by atoms with Crippen LogP contribution in [0, 0.1) is 0 Å². The molecule has 0 fully saturated rings. The van der Waals surface area contributed by atoms with Crippen LogP contribution < -0.4 is 0 Å². The van der Waals surface area contributed by atoms with E-state index in [1.54, 1.807) is 18.2 Å². The molecule has 0 aromatic heterocycles. The molecule has 0 unspecified atom stereocenters. The SMILES string of the molecule is CC(C)c1ccc(CC(=O)c2ccc(Cl)cc2Br)cc1. The summed E-state index contributed by atoms with van der Waals surface area (Å²) in [6, 6.07) is 13.5. The van der Waals surface area contributed by atoms with E-state index in [1.165, 1.54) is 5.56 Å². The van der Waals surface area contributed by atoms with Gasteiger partial charge in [-0.3, -0.25) is 4.79 Å². The van der Waals surface area contributed by atoms with Crippen molar-refractivity contribution in [1.29, 1.82) is 0 Å². The maximum Gasteiger partial charge on any atom is 0.168 e. The Hall–Kier alpha value is -1.12. The molecule has 3 heteroatoms. The Bertz CT molecular complexity index is 617. The van der Waals surface area contributed by atoms with Crippen molar-refractivity contribution in [3.63, 3.8) is 0 Å². The fraction of sp³-hybridized carbons (Fsp3) is 0.235. The molecule has 0 atom stereocenters. The second-order valence-electron chi connectivity index (χ2n) is 5.12. The van der Waals surface area contributed by atoms with Gasteiger partial charge in [-0.1, -0.05) is 49.7 Å². The highest BCUT2D eigenvalue weighted by Gasteiger charge is 2.11. The van der Waals surface area contributed by atoms with Crippen LogP contribution in [0.15, 0.2) is 46.9 Å².